The molecule has 2 aromatic heterocycles. The fraction of sp³-hybridized carbons (Fsp3) is 0.333. The molecule has 0 fully saturated rings. The van der Waals surface area contributed by atoms with Crippen molar-refractivity contribution in [3.63, 3.8) is 0 Å². The molecule has 0 aliphatic rings. The number of aromatic amines is 1. The van der Waals surface area contributed by atoms with Gasteiger partial charge in [0.05, 0.1) is 22.4 Å². The highest BCUT2D eigenvalue weighted by molar-refractivity contribution is 7.19. The number of ether oxygens (including phenoxy) is 1. The lowest BCUT2D eigenvalue weighted by Gasteiger charge is -1.99. The lowest BCUT2D eigenvalue weighted by atomic mass is 10.2. The highest BCUT2D eigenvalue weighted by atomic mass is 32.1. The largest absolute Gasteiger partial charge is 0.461 e. The lowest BCUT2D eigenvalue weighted by Crippen LogP contribution is -2.07. The first-order chi connectivity index (χ1) is 8.21. The van der Waals surface area contributed by atoms with Gasteiger partial charge < -0.3 is 9.72 Å². The number of aryl methyl sites for hydroxylation is 1. The van der Waals surface area contributed by atoms with E-state index in [2.05, 4.69) is 11.9 Å². The predicted octanol–water partition coefficient (Wildman–Crippen LogP) is 2.78. The number of aromatic nitrogens is 1. The highest BCUT2D eigenvalue weighted by Crippen LogP contribution is 2.30. The van der Waals surface area contributed by atoms with E-state index in [1.807, 2.05) is 6.07 Å². The third kappa shape index (κ3) is 1.98. The molecule has 2 rings (SSSR count). The summed E-state index contributed by atoms with van der Waals surface area (Å²) in [7, 11) is 0. The second-order valence-corrected chi connectivity index (χ2v) is 4.70. The number of carbonyl (C=O) groups is 2. The van der Waals surface area contributed by atoms with Crippen LogP contribution in [0, 0.1) is 0 Å². The van der Waals surface area contributed by atoms with Crippen LogP contribution in [0.3, 0.4) is 0 Å². The molecule has 17 heavy (non-hydrogen) atoms. The fourth-order valence-electron chi connectivity index (χ4n) is 1.70. The zero-order valence-corrected chi connectivity index (χ0v) is 10.5. The minimum Gasteiger partial charge on any atom is -0.461 e. The standard InChI is InChI=1S/C12H13NO3S/c1-3-7-5-9-11(17-7)8(6-14)10(13-9)12(15)16-4-2/h5-6,13H,3-4H2,1-2H3. The smallest absolute Gasteiger partial charge is 0.355 e. The molecule has 0 unspecified atom stereocenters. The van der Waals surface area contributed by atoms with Gasteiger partial charge >= 0.3 is 5.97 Å². The Morgan fingerprint density at radius 2 is 2.29 bits per heavy atom. The van der Waals surface area contributed by atoms with Gasteiger partial charge in [0, 0.05) is 4.88 Å². The van der Waals surface area contributed by atoms with Crippen LogP contribution < -0.4 is 0 Å². The summed E-state index contributed by atoms with van der Waals surface area (Å²) in [5.74, 6) is -0.476. The molecule has 0 spiro atoms. The molecule has 0 bridgehead atoms. The molecule has 0 saturated heterocycles. The van der Waals surface area contributed by atoms with Gasteiger partial charge in [-0.1, -0.05) is 6.92 Å². The number of H-pyrrole nitrogens is 1. The van der Waals surface area contributed by atoms with Crippen molar-refractivity contribution in [2.75, 3.05) is 6.61 Å². The van der Waals surface area contributed by atoms with Gasteiger partial charge in [0.1, 0.15) is 5.69 Å². The van der Waals surface area contributed by atoms with Crippen LogP contribution >= 0.6 is 11.3 Å². The Kier molecular flexibility index (Phi) is 3.28. The van der Waals surface area contributed by atoms with E-state index in [4.69, 9.17) is 4.74 Å². The fourth-order valence-corrected chi connectivity index (χ4v) is 2.76. The maximum atomic E-state index is 11.6. The van der Waals surface area contributed by atoms with Crippen molar-refractivity contribution in [1.82, 2.24) is 4.98 Å². The van der Waals surface area contributed by atoms with E-state index in [1.54, 1.807) is 6.92 Å². The number of nitrogens with one attached hydrogen (secondary N) is 1. The number of rotatable bonds is 4. The molecule has 90 valence electrons. The van der Waals surface area contributed by atoms with Crippen molar-refractivity contribution in [3.8, 4) is 0 Å². The molecule has 5 heteroatoms. The van der Waals surface area contributed by atoms with Crippen molar-refractivity contribution in [2.24, 2.45) is 0 Å². The summed E-state index contributed by atoms with van der Waals surface area (Å²) in [6.07, 6.45) is 1.63. The van der Waals surface area contributed by atoms with Crippen LogP contribution in [0.1, 0.15) is 39.6 Å². The van der Waals surface area contributed by atoms with Gasteiger partial charge in [-0.2, -0.15) is 0 Å². The summed E-state index contributed by atoms with van der Waals surface area (Å²) in [6.45, 7) is 4.08. The predicted molar refractivity (Wildman–Crippen MR) is 66.9 cm³/mol. The van der Waals surface area contributed by atoms with E-state index in [9.17, 15) is 9.59 Å². The van der Waals surface area contributed by atoms with Crippen LogP contribution in [0.15, 0.2) is 6.07 Å². The molecule has 2 heterocycles. The molecular weight excluding hydrogens is 238 g/mol. The molecule has 4 nitrogen and oxygen atoms in total. The topological polar surface area (TPSA) is 59.2 Å². The Bertz CT molecular complexity index is 568. The maximum absolute atomic E-state index is 11.6. The van der Waals surface area contributed by atoms with Gasteiger partial charge in [-0.3, -0.25) is 4.79 Å². The molecule has 1 N–H and O–H groups in total. The first-order valence-corrected chi connectivity index (χ1v) is 6.29. The molecule has 0 radical (unpaired) electrons. The van der Waals surface area contributed by atoms with E-state index < -0.39 is 5.97 Å². The van der Waals surface area contributed by atoms with Gasteiger partial charge in [0.2, 0.25) is 0 Å². The molecule has 0 aliphatic carbocycles. The van der Waals surface area contributed by atoms with E-state index in [0.29, 0.717) is 18.5 Å². The van der Waals surface area contributed by atoms with E-state index in [-0.39, 0.29) is 5.69 Å². The molecule has 0 aromatic carbocycles. The number of hydrogen-bond donors (Lipinski definition) is 1. The lowest BCUT2D eigenvalue weighted by molar-refractivity contribution is 0.0518. The number of aldehydes is 1. The summed E-state index contributed by atoms with van der Waals surface area (Å²) >= 11 is 1.53. The van der Waals surface area contributed by atoms with E-state index in [1.165, 1.54) is 16.2 Å². The summed E-state index contributed by atoms with van der Waals surface area (Å²) in [5, 5.41) is 0. The third-order valence-electron chi connectivity index (χ3n) is 2.50. The number of carbonyl (C=O) groups excluding carboxylic acids is 2. The van der Waals surface area contributed by atoms with Crippen molar-refractivity contribution in [2.45, 2.75) is 20.3 Å². The Morgan fingerprint density at radius 1 is 1.53 bits per heavy atom. The zero-order chi connectivity index (χ0) is 12.4. The Labute approximate surface area is 103 Å². The summed E-state index contributed by atoms with van der Waals surface area (Å²) in [6, 6.07) is 1.97. The van der Waals surface area contributed by atoms with Crippen LogP contribution in [0.25, 0.3) is 10.2 Å². The molecule has 0 amide bonds. The Morgan fingerprint density at radius 3 is 2.88 bits per heavy atom. The Hall–Kier alpha value is -1.62. The second kappa shape index (κ2) is 4.71. The van der Waals surface area contributed by atoms with Crippen molar-refractivity contribution in [3.05, 3.63) is 22.2 Å². The summed E-state index contributed by atoms with van der Waals surface area (Å²) < 4.78 is 5.73. The average Bonchev–Trinajstić information content (AvgIpc) is 2.85. The Balaban J connectivity index is 2.54. The van der Waals surface area contributed by atoms with Crippen LogP contribution in [0.5, 0.6) is 0 Å². The molecule has 0 saturated carbocycles. The minimum atomic E-state index is -0.476. The average molecular weight is 251 g/mol. The normalized spacial score (nSPS) is 10.7. The first kappa shape index (κ1) is 11.9. The monoisotopic (exact) mass is 251 g/mol. The number of fused-ring (bicyclic) bond motifs is 1. The number of hydrogen-bond acceptors (Lipinski definition) is 4. The van der Waals surface area contributed by atoms with Crippen molar-refractivity contribution < 1.29 is 14.3 Å². The van der Waals surface area contributed by atoms with Gasteiger partial charge in [0.25, 0.3) is 0 Å². The summed E-state index contributed by atoms with van der Waals surface area (Å²) in [4.78, 5) is 26.9. The van der Waals surface area contributed by atoms with Crippen LogP contribution in [0.4, 0.5) is 0 Å². The minimum absolute atomic E-state index is 0.255. The van der Waals surface area contributed by atoms with E-state index in [0.717, 1.165) is 16.6 Å². The van der Waals surface area contributed by atoms with Crippen LogP contribution in [-0.4, -0.2) is 23.8 Å². The van der Waals surface area contributed by atoms with Crippen molar-refractivity contribution in [1.29, 1.82) is 0 Å². The zero-order valence-electron chi connectivity index (χ0n) is 9.70. The van der Waals surface area contributed by atoms with Crippen LogP contribution in [-0.2, 0) is 11.2 Å². The second-order valence-electron chi connectivity index (χ2n) is 3.56. The van der Waals surface area contributed by atoms with Gasteiger partial charge in [-0.05, 0) is 19.4 Å². The number of thiophene rings is 1. The van der Waals surface area contributed by atoms with Crippen LogP contribution in [0.2, 0.25) is 0 Å². The third-order valence-corrected chi connectivity index (χ3v) is 3.82. The molecular formula is C12H13NO3S. The van der Waals surface area contributed by atoms with E-state index >= 15 is 0 Å². The van der Waals surface area contributed by atoms with Gasteiger partial charge in [-0.25, -0.2) is 4.79 Å². The molecule has 0 atom stereocenters. The quantitative estimate of drug-likeness (QED) is 0.671. The SMILES string of the molecule is CCOC(=O)c1[nH]c2cc(CC)sc2c1C=O. The molecule has 0 aliphatic heterocycles. The van der Waals surface area contributed by atoms with Gasteiger partial charge in [-0.15, -0.1) is 11.3 Å². The summed E-state index contributed by atoms with van der Waals surface area (Å²) in [5.41, 5.74) is 1.49. The first-order valence-electron chi connectivity index (χ1n) is 5.47. The maximum Gasteiger partial charge on any atom is 0.355 e. The highest BCUT2D eigenvalue weighted by Gasteiger charge is 2.20. The number of esters is 1. The van der Waals surface area contributed by atoms with Gasteiger partial charge in [0.15, 0.2) is 6.29 Å². The van der Waals surface area contributed by atoms with Crippen molar-refractivity contribution >= 4 is 33.8 Å². The molecule has 2 aromatic rings.